The van der Waals surface area contributed by atoms with Gasteiger partial charge in [-0.1, -0.05) is 29.5 Å². The van der Waals surface area contributed by atoms with Crippen molar-refractivity contribution in [3.05, 3.63) is 41.1 Å². The van der Waals surface area contributed by atoms with Crippen LogP contribution in [0, 0.1) is 0 Å². The van der Waals surface area contributed by atoms with Gasteiger partial charge in [0, 0.05) is 13.1 Å². The average molecular weight is 340 g/mol. The molecule has 1 aliphatic rings. The van der Waals surface area contributed by atoms with Crippen molar-refractivity contribution in [1.82, 2.24) is 15.4 Å². The number of hydrogen-bond donors (Lipinski definition) is 1. The molecule has 0 unspecified atom stereocenters. The first-order valence-corrected chi connectivity index (χ1v) is 6.92. The zero-order valence-electron chi connectivity index (χ0n) is 12.1. The minimum absolute atomic E-state index is 0.0458. The van der Waals surface area contributed by atoms with Crippen LogP contribution in [0.4, 0.5) is 19.0 Å². The van der Waals surface area contributed by atoms with Crippen LogP contribution < -0.4 is 4.90 Å². The second-order valence-corrected chi connectivity index (χ2v) is 5.13. The van der Waals surface area contributed by atoms with Crippen LogP contribution in [0.5, 0.6) is 0 Å². The summed E-state index contributed by atoms with van der Waals surface area (Å²) in [5.74, 6) is -4.02. The maximum absolute atomic E-state index is 12.2. The third-order valence-electron chi connectivity index (χ3n) is 3.58. The number of aromatic amines is 1. The molecule has 0 saturated heterocycles. The number of alkyl halides is 3. The van der Waals surface area contributed by atoms with Gasteiger partial charge in [0.25, 0.3) is 0 Å². The van der Waals surface area contributed by atoms with E-state index in [4.69, 9.17) is 0 Å². The lowest BCUT2D eigenvalue weighted by molar-refractivity contribution is -0.193. The molecule has 24 heavy (non-hydrogen) atoms. The molecule has 7 nitrogen and oxygen atoms in total. The number of benzene rings is 1. The van der Waals surface area contributed by atoms with Gasteiger partial charge in [-0.05, 0) is 17.5 Å². The summed E-state index contributed by atoms with van der Waals surface area (Å²) in [5, 5.41) is 9.35. The van der Waals surface area contributed by atoms with Crippen molar-refractivity contribution in [3.8, 4) is 0 Å². The lowest BCUT2D eigenvalue weighted by Crippen LogP contribution is -2.33. The maximum atomic E-state index is 12.2. The molecule has 2 heterocycles. The predicted molar refractivity (Wildman–Crippen MR) is 74.1 cm³/mol. The van der Waals surface area contributed by atoms with Crippen LogP contribution in [0.2, 0.25) is 0 Å². The summed E-state index contributed by atoms with van der Waals surface area (Å²) in [7, 11) is 0. The molecule has 0 atom stereocenters. The first-order valence-electron chi connectivity index (χ1n) is 6.92. The minimum atomic E-state index is -5.26. The summed E-state index contributed by atoms with van der Waals surface area (Å²) in [5.41, 5.74) is 1.76. The second-order valence-electron chi connectivity index (χ2n) is 5.13. The normalized spacial score (nSPS) is 14.2. The number of halogens is 3. The quantitative estimate of drug-likeness (QED) is 0.660. The van der Waals surface area contributed by atoms with Crippen molar-refractivity contribution in [2.45, 2.75) is 19.1 Å². The number of ether oxygens (including phenoxy) is 1. The first kappa shape index (κ1) is 16.0. The van der Waals surface area contributed by atoms with Gasteiger partial charge in [0.1, 0.15) is 0 Å². The molecule has 0 bridgehead atoms. The van der Waals surface area contributed by atoms with Crippen molar-refractivity contribution in [1.29, 1.82) is 0 Å². The van der Waals surface area contributed by atoms with E-state index in [1.54, 1.807) is 4.90 Å². The number of nitrogens with zero attached hydrogens (tertiary/aromatic N) is 3. The Balaban J connectivity index is 1.79. The van der Waals surface area contributed by atoms with Gasteiger partial charge in [0.15, 0.2) is 11.5 Å². The van der Waals surface area contributed by atoms with E-state index in [0.29, 0.717) is 19.5 Å². The molecule has 0 amide bonds. The van der Waals surface area contributed by atoms with Gasteiger partial charge in [-0.2, -0.15) is 13.2 Å². The Hall–Kier alpha value is -2.91. The van der Waals surface area contributed by atoms with Crippen molar-refractivity contribution in [2.75, 3.05) is 11.4 Å². The smallest absolute Gasteiger partial charge is 0.381 e. The van der Waals surface area contributed by atoms with Crippen molar-refractivity contribution in [2.24, 2.45) is 0 Å². The van der Waals surface area contributed by atoms with Gasteiger partial charge in [-0.15, -0.1) is 5.10 Å². The molecule has 1 aromatic carbocycles. The van der Waals surface area contributed by atoms with Crippen molar-refractivity contribution < 1.29 is 27.5 Å². The van der Waals surface area contributed by atoms with E-state index < -0.39 is 23.8 Å². The maximum Gasteiger partial charge on any atom is 0.491 e. The van der Waals surface area contributed by atoms with Crippen LogP contribution >= 0.6 is 0 Å². The van der Waals surface area contributed by atoms with Crippen LogP contribution in [0.3, 0.4) is 0 Å². The summed E-state index contributed by atoms with van der Waals surface area (Å²) < 4.78 is 40.4. The van der Waals surface area contributed by atoms with Gasteiger partial charge in [0.2, 0.25) is 0 Å². The molecule has 10 heteroatoms. The number of esters is 2. The van der Waals surface area contributed by atoms with Gasteiger partial charge >= 0.3 is 18.1 Å². The Morgan fingerprint density at radius 1 is 1.21 bits per heavy atom. The van der Waals surface area contributed by atoms with Gasteiger partial charge < -0.3 is 9.64 Å². The molecule has 0 radical (unpaired) electrons. The summed E-state index contributed by atoms with van der Waals surface area (Å²) in [6.07, 6.45) is -4.58. The number of fused-ring (bicyclic) bond motifs is 1. The highest BCUT2D eigenvalue weighted by Gasteiger charge is 2.43. The second kappa shape index (κ2) is 5.95. The number of carbonyl (C=O) groups excluding carboxylic acids is 2. The van der Waals surface area contributed by atoms with E-state index in [1.165, 1.54) is 0 Å². The molecular weight excluding hydrogens is 329 g/mol. The van der Waals surface area contributed by atoms with E-state index in [-0.39, 0.29) is 5.82 Å². The molecule has 3 rings (SSSR count). The zero-order chi connectivity index (χ0) is 17.3. The number of aromatic nitrogens is 3. The number of carbonyl (C=O) groups is 2. The van der Waals surface area contributed by atoms with Crippen LogP contribution in [0.1, 0.15) is 21.6 Å². The molecule has 126 valence electrons. The van der Waals surface area contributed by atoms with E-state index >= 15 is 0 Å². The van der Waals surface area contributed by atoms with Crippen LogP contribution in [-0.2, 0) is 22.5 Å². The Morgan fingerprint density at radius 3 is 2.62 bits per heavy atom. The summed E-state index contributed by atoms with van der Waals surface area (Å²) in [6, 6.07) is 7.66. The molecule has 0 spiro atoms. The number of hydrogen-bond acceptors (Lipinski definition) is 6. The molecule has 1 N–H and O–H groups in total. The molecule has 1 aromatic heterocycles. The molecule has 1 aliphatic heterocycles. The van der Waals surface area contributed by atoms with E-state index in [0.717, 1.165) is 11.1 Å². The first-order chi connectivity index (χ1) is 11.4. The van der Waals surface area contributed by atoms with E-state index in [9.17, 15) is 22.8 Å². The standard InChI is InChI=1S/C14H11F3N4O3/c15-14(16,17)13(23)24-12(22)10-11(19-20-18-10)21-6-5-8-3-1-2-4-9(8)7-21/h1-4H,5-7H2,(H,18,19,20). The monoisotopic (exact) mass is 340 g/mol. The number of nitrogens with one attached hydrogen (secondary N) is 1. The minimum Gasteiger partial charge on any atom is -0.381 e. The summed E-state index contributed by atoms with van der Waals surface area (Å²) >= 11 is 0. The van der Waals surface area contributed by atoms with E-state index in [2.05, 4.69) is 20.1 Å². The summed E-state index contributed by atoms with van der Waals surface area (Å²) in [4.78, 5) is 24.3. The van der Waals surface area contributed by atoms with Crippen LogP contribution in [0.25, 0.3) is 0 Å². The van der Waals surface area contributed by atoms with Gasteiger partial charge in [-0.25, -0.2) is 14.7 Å². The topological polar surface area (TPSA) is 88.2 Å². The molecule has 0 saturated carbocycles. The average Bonchev–Trinajstić information content (AvgIpc) is 3.03. The SMILES string of the molecule is O=C(OC(=O)C(F)(F)F)c1[nH]nnc1N1CCc2ccccc2C1. The number of H-pyrrole nitrogens is 1. The van der Waals surface area contributed by atoms with E-state index in [1.807, 2.05) is 24.3 Å². The third-order valence-corrected chi connectivity index (χ3v) is 3.58. The highest BCUT2D eigenvalue weighted by Crippen LogP contribution is 2.25. The highest BCUT2D eigenvalue weighted by molar-refractivity contribution is 5.99. The molecule has 2 aromatic rings. The van der Waals surface area contributed by atoms with Crippen LogP contribution in [-0.4, -0.2) is 40.1 Å². The molecular formula is C14H11F3N4O3. The Bertz CT molecular complexity index is 788. The van der Waals surface area contributed by atoms with Crippen LogP contribution in [0.15, 0.2) is 24.3 Å². The largest absolute Gasteiger partial charge is 0.491 e. The number of rotatable bonds is 2. The van der Waals surface area contributed by atoms with Crippen molar-refractivity contribution in [3.63, 3.8) is 0 Å². The fourth-order valence-electron chi connectivity index (χ4n) is 2.45. The fourth-order valence-corrected chi connectivity index (χ4v) is 2.45. The van der Waals surface area contributed by atoms with Gasteiger partial charge in [0.05, 0.1) is 0 Å². The Labute approximate surface area is 133 Å². The zero-order valence-corrected chi connectivity index (χ0v) is 12.1. The fraction of sp³-hybridized carbons (Fsp3) is 0.286. The highest BCUT2D eigenvalue weighted by atomic mass is 19.4. The Kier molecular flexibility index (Phi) is 3.96. The molecule has 0 aliphatic carbocycles. The Morgan fingerprint density at radius 2 is 1.92 bits per heavy atom. The molecule has 0 fully saturated rings. The lowest BCUT2D eigenvalue weighted by atomic mass is 10.00. The third kappa shape index (κ3) is 3.07. The lowest BCUT2D eigenvalue weighted by Gasteiger charge is -2.28. The number of anilines is 1. The summed E-state index contributed by atoms with van der Waals surface area (Å²) in [6.45, 7) is 0.910. The van der Waals surface area contributed by atoms with Gasteiger partial charge in [-0.3, -0.25) is 0 Å². The van der Waals surface area contributed by atoms with Crippen molar-refractivity contribution >= 4 is 17.8 Å². The predicted octanol–water partition coefficient (Wildman–Crippen LogP) is 1.61.